The maximum atomic E-state index is 13.2. The summed E-state index contributed by atoms with van der Waals surface area (Å²) in [7, 11) is 0. The number of aliphatic imine (C=N–C) groups is 1. The fourth-order valence-electron chi connectivity index (χ4n) is 2.96. The lowest BCUT2D eigenvalue weighted by atomic mass is 10.3. The van der Waals surface area contributed by atoms with E-state index in [0.29, 0.717) is 18.9 Å². The zero-order valence-corrected chi connectivity index (χ0v) is 15.6. The summed E-state index contributed by atoms with van der Waals surface area (Å²) in [6.07, 6.45) is 1.60. The molecule has 7 nitrogen and oxygen atoms in total. The third-order valence-electron chi connectivity index (χ3n) is 4.30. The summed E-state index contributed by atoms with van der Waals surface area (Å²) in [5.74, 6) is 1.12. The highest BCUT2D eigenvalue weighted by molar-refractivity contribution is 5.80. The summed E-state index contributed by atoms with van der Waals surface area (Å²) in [4.78, 5) is 9.25. The van der Waals surface area contributed by atoms with Crippen LogP contribution in [-0.4, -0.2) is 66.8 Å². The van der Waals surface area contributed by atoms with Crippen molar-refractivity contribution in [1.29, 1.82) is 0 Å². The molecule has 0 atom stereocenters. The number of halogens is 1. The number of guanidine groups is 1. The van der Waals surface area contributed by atoms with Gasteiger partial charge in [-0.2, -0.15) is 0 Å². The van der Waals surface area contributed by atoms with Gasteiger partial charge in [0, 0.05) is 51.4 Å². The minimum Gasteiger partial charge on any atom is -0.492 e. The van der Waals surface area contributed by atoms with Crippen LogP contribution in [0.2, 0.25) is 0 Å². The van der Waals surface area contributed by atoms with Gasteiger partial charge in [0.1, 0.15) is 24.4 Å². The Labute approximate surface area is 158 Å². The lowest BCUT2D eigenvalue weighted by Crippen LogP contribution is -2.52. The van der Waals surface area contributed by atoms with Crippen molar-refractivity contribution in [2.24, 2.45) is 4.99 Å². The topological polar surface area (TPSA) is 66.1 Å². The highest BCUT2D eigenvalue weighted by Crippen LogP contribution is 2.11. The number of hydrogen-bond acceptors (Lipinski definition) is 5. The van der Waals surface area contributed by atoms with Crippen molar-refractivity contribution in [3.8, 4) is 5.75 Å². The van der Waals surface area contributed by atoms with Crippen LogP contribution in [0.5, 0.6) is 5.75 Å². The molecule has 8 heteroatoms. The monoisotopic (exact) mass is 375 g/mol. The van der Waals surface area contributed by atoms with E-state index in [-0.39, 0.29) is 5.82 Å². The summed E-state index contributed by atoms with van der Waals surface area (Å²) >= 11 is 0. The van der Waals surface area contributed by atoms with Gasteiger partial charge < -0.3 is 19.5 Å². The van der Waals surface area contributed by atoms with Crippen molar-refractivity contribution in [3.05, 3.63) is 48.1 Å². The molecule has 1 aromatic heterocycles. The smallest absolute Gasteiger partial charge is 0.194 e. The SMILES string of the molecule is CCNC(=NCCOc1cccc(F)c1)N1CCN(Cc2ccon2)CC1. The first-order valence-corrected chi connectivity index (χ1v) is 9.28. The Bertz CT molecular complexity index is 715. The molecule has 1 saturated heterocycles. The zero-order chi connectivity index (χ0) is 18.9. The summed E-state index contributed by atoms with van der Waals surface area (Å²) in [5.41, 5.74) is 0.957. The van der Waals surface area contributed by atoms with Crippen LogP contribution in [0.15, 0.2) is 46.1 Å². The molecule has 0 bridgehead atoms. The van der Waals surface area contributed by atoms with Gasteiger partial charge in [-0.1, -0.05) is 11.2 Å². The van der Waals surface area contributed by atoms with Crippen molar-refractivity contribution in [2.75, 3.05) is 45.9 Å². The molecule has 1 aliphatic rings. The quantitative estimate of drug-likeness (QED) is 0.454. The molecular weight excluding hydrogens is 349 g/mol. The highest BCUT2D eigenvalue weighted by Gasteiger charge is 2.20. The van der Waals surface area contributed by atoms with E-state index in [1.54, 1.807) is 18.4 Å². The zero-order valence-electron chi connectivity index (χ0n) is 15.6. The lowest BCUT2D eigenvalue weighted by Gasteiger charge is -2.36. The summed E-state index contributed by atoms with van der Waals surface area (Å²) in [6.45, 7) is 8.27. The van der Waals surface area contributed by atoms with Gasteiger partial charge in [-0.05, 0) is 19.1 Å². The van der Waals surface area contributed by atoms with E-state index >= 15 is 0 Å². The maximum absolute atomic E-state index is 13.2. The van der Waals surface area contributed by atoms with Crippen LogP contribution in [0.25, 0.3) is 0 Å². The van der Waals surface area contributed by atoms with Gasteiger partial charge in [0.15, 0.2) is 5.96 Å². The molecule has 146 valence electrons. The minimum atomic E-state index is -0.298. The van der Waals surface area contributed by atoms with Gasteiger partial charge in [-0.3, -0.25) is 4.90 Å². The maximum Gasteiger partial charge on any atom is 0.194 e. The van der Waals surface area contributed by atoms with Crippen molar-refractivity contribution >= 4 is 5.96 Å². The summed E-state index contributed by atoms with van der Waals surface area (Å²) in [5, 5.41) is 7.31. The molecule has 0 aliphatic carbocycles. The van der Waals surface area contributed by atoms with Crippen LogP contribution < -0.4 is 10.1 Å². The fourth-order valence-corrected chi connectivity index (χ4v) is 2.96. The van der Waals surface area contributed by atoms with E-state index in [9.17, 15) is 4.39 Å². The van der Waals surface area contributed by atoms with Crippen LogP contribution >= 0.6 is 0 Å². The molecule has 0 amide bonds. The van der Waals surface area contributed by atoms with Crippen LogP contribution in [0.4, 0.5) is 4.39 Å². The van der Waals surface area contributed by atoms with Crippen molar-refractivity contribution < 1.29 is 13.7 Å². The van der Waals surface area contributed by atoms with Crippen LogP contribution in [-0.2, 0) is 6.54 Å². The Kier molecular flexibility index (Phi) is 7.04. The fraction of sp³-hybridized carbons (Fsp3) is 0.474. The Morgan fingerprint density at radius 2 is 2.15 bits per heavy atom. The van der Waals surface area contributed by atoms with Crippen molar-refractivity contribution in [1.82, 2.24) is 20.3 Å². The number of nitrogens with one attached hydrogen (secondary N) is 1. The van der Waals surface area contributed by atoms with E-state index in [1.807, 2.05) is 6.07 Å². The Morgan fingerprint density at radius 3 is 2.85 bits per heavy atom. The molecule has 1 N–H and O–H groups in total. The molecule has 0 radical (unpaired) electrons. The predicted octanol–water partition coefficient (Wildman–Crippen LogP) is 1.98. The largest absolute Gasteiger partial charge is 0.492 e. The molecule has 2 heterocycles. The van der Waals surface area contributed by atoms with E-state index in [1.165, 1.54) is 12.1 Å². The van der Waals surface area contributed by atoms with Crippen LogP contribution in [0.3, 0.4) is 0 Å². The summed E-state index contributed by atoms with van der Waals surface area (Å²) < 4.78 is 23.6. The number of nitrogens with zero attached hydrogens (tertiary/aromatic N) is 4. The van der Waals surface area contributed by atoms with Crippen molar-refractivity contribution in [3.63, 3.8) is 0 Å². The van der Waals surface area contributed by atoms with Gasteiger partial charge in [0.2, 0.25) is 0 Å². The standard InChI is InChI=1S/C19H26FN5O2/c1-2-21-19(22-7-13-26-18-5-3-4-16(20)14-18)25-10-8-24(9-11-25)15-17-6-12-27-23-17/h3-6,12,14H,2,7-11,13,15H2,1H3,(H,21,22). The molecule has 1 fully saturated rings. The number of benzene rings is 1. The Balaban J connectivity index is 1.46. The number of aromatic nitrogens is 1. The molecule has 27 heavy (non-hydrogen) atoms. The van der Waals surface area contributed by atoms with E-state index in [2.05, 4.69) is 32.2 Å². The first-order valence-electron chi connectivity index (χ1n) is 9.28. The van der Waals surface area contributed by atoms with Crippen molar-refractivity contribution in [2.45, 2.75) is 13.5 Å². The van der Waals surface area contributed by atoms with E-state index < -0.39 is 0 Å². The van der Waals surface area contributed by atoms with Gasteiger partial charge in [-0.25, -0.2) is 9.38 Å². The molecule has 0 unspecified atom stereocenters. The molecule has 1 aromatic carbocycles. The Morgan fingerprint density at radius 1 is 1.30 bits per heavy atom. The second kappa shape index (κ2) is 9.91. The Hall–Kier alpha value is -2.61. The first-order chi connectivity index (χ1) is 13.2. The molecule has 3 rings (SSSR count). The molecule has 1 aliphatic heterocycles. The van der Waals surface area contributed by atoms with Gasteiger partial charge in [-0.15, -0.1) is 0 Å². The average molecular weight is 375 g/mol. The van der Waals surface area contributed by atoms with Gasteiger partial charge in [0.25, 0.3) is 0 Å². The number of piperazine rings is 1. The lowest BCUT2D eigenvalue weighted by molar-refractivity contribution is 0.169. The average Bonchev–Trinajstić information content (AvgIpc) is 3.18. The number of hydrogen-bond donors (Lipinski definition) is 1. The molecule has 0 saturated carbocycles. The third-order valence-corrected chi connectivity index (χ3v) is 4.30. The second-order valence-electron chi connectivity index (χ2n) is 6.30. The molecule has 0 spiro atoms. The normalized spacial score (nSPS) is 15.8. The highest BCUT2D eigenvalue weighted by atomic mass is 19.1. The van der Waals surface area contributed by atoms with Crippen LogP contribution in [0, 0.1) is 5.82 Å². The summed E-state index contributed by atoms with van der Waals surface area (Å²) in [6, 6.07) is 8.05. The number of ether oxygens (including phenoxy) is 1. The minimum absolute atomic E-state index is 0.298. The van der Waals surface area contributed by atoms with Gasteiger partial charge in [0.05, 0.1) is 12.2 Å². The van der Waals surface area contributed by atoms with E-state index in [0.717, 1.165) is 50.9 Å². The number of rotatable bonds is 7. The van der Waals surface area contributed by atoms with Gasteiger partial charge >= 0.3 is 0 Å². The third kappa shape index (κ3) is 5.96. The predicted molar refractivity (Wildman–Crippen MR) is 101 cm³/mol. The molecular formula is C19H26FN5O2. The first kappa shape index (κ1) is 19.2. The van der Waals surface area contributed by atoms with Crippen LogP contribution in [0.1, 0.15) is 12.6 Å². The molecule has 2 aromatic rings. The van der Waals surface area contributed by atoms with E-state index in [4.69, 9.17) is 9.26 Å². The second-order valence-corrected chi connectivity index (χ2v) is 6.30.